The second-order valence-corrected chi connectivity index (χ2v) is 7.14. The van der Waals surface area contributed by atoms with Gasteiger partial charge in [-0.25, -0.2) is 4.79 Å². The van der Waals surface area contributed by atoms with E-state index in [4.69, 9.17) is 0 Å². The maximum atomic E-state index is 12.5. The number of rotatable bonds is 5. The first-order valence-corrected chi connectivity index (χ1v) is 9.56. The molecule has 0 spiro atoms. The average Bonchev–Trinajstić information content (AvgIpc) is 2.74. The lowest BCUT2D eigenvalue weighted by Gasteiger charge is -2.35. The van der Waals surface area contributed by atoms with E-state index >= 15 is 0 Å². The maximum Gasteiger partial charge on any atom is 0.329 e. The smallest absolute Gasteiger partial charge is 0.329 e. The molecular weight excluding hydrogens is 352 g/mol. The van der Waals surface area contributed by atoms with Gasteiger partial charge in [0.2, 0.25) is 0 Å². The summed E-state index contributed by atoms with van der Waals surface area (Å²) in [5.41, 5.74) is 2.29. The lowest BCUT2D eigenvalue weighted by Crippen LogP contribution is -2.44. The van der Waals surface area contributed by atoms with Gasteiger partial charge in [-0.15, -0.1) is 0 Å². The van der Waals surface area contributed by atoms with Gasteiger partial charge in [-0.05, 0) is 24.5 Å². The Morgan fingerprint density at radius 2 is 1.68 bits per heavy atom. The molecule has 2 N–H and O–H groups in total. The maximum absolute atomic E-state index is 12.5. The Bertz CT molecular complexity index is 1060. The lowest BCUT2D eigenvalue weighted by atomic mass is 10.1. The summed E-state index contributed by atoms with van der Waals surface area (Å²) in [6, 6.07) is 20.4. The summed E-state index contributed by atoms with van der Waals surface area (Å²) >= 11 is 0. The number of hydrogen-bond acceptors (Lipinski definition) is 4. The van der Waals surface area contributed by atoms with E-state index < -0.39 is 0 Å². The second-order valence-electron chi connectivity index (χ2n) is 7.14. The fourth-order valence-corrected chi connectivity index (χ4v) is 3.71. The first-order chi connectivity index (χ1) is 13.6. The fourth-order valence-electron chi connectivity index (χ4n) is 3.71. The highest BCUT2D eigenvalue weighted by molar-refractivity contribution is 5.45. The Morgan fingerprint density at radius 1 is 1.00 bits per heavy atom. The van der Waals surface area contributed by atoms with E-state index in [1.54, 1.807) is 4.57 Å². The molecule has 28 heavy (non-hydrogen) atoms. The van der Waals surface area contributed by atoms with E-state index in [1.807, 2.05) is 48.5 Å². The first kappa shape index (κ1) is 18.3. The Morgan fingerprint density at radius 3 is 2.39 bits per heavy atom. The van der Waals surface area contributed by atoms with E-state index in [0.717, 1.165) is 12.0 Å². The number of anilines is 1. The lowest BCUT2D eigenvalue weighted by molar-refractivity contribution is 0.206. The number of aryl methyl sites for hydroxylation is 1. The number of hydrogen-bond donors (Lipinski definition) is 2. The summed E-state index contributed by atoms with van der Waals surface area (Å²) in [5, 5.41) is 3.32. The van der Waals surface area contributed by atoms with Crippen LogP contribution in [-0.2, 0) is 19.5 Å². The van der Waals surface area contributed by atoms with Gasteiger partial charge < -0.3 is 5.32 Å². The largest absolute Gasteiger partial charge is 0.358 e. The quantitative estimate of drug-likeness (QED) is 0.718. The number of benzene rings is 2. The Kier molecular flexibility index (Phi) is 5.12. The van der Waals surface area contributed by atoms with Crippen LogP contribution in [0, 0.1) is 0 Å². The standard InChI is InChI=1S/C22H24N4O2/c1-16(18-10-6-3-7-11-18)25-14-19-20(23-15-25)26(22(28)24-21(19)27)13-12-17-8-4-2-5-9-17/h2-11,16,23H,12-15H2,1H3,(H,24,27,28)/t16-/m1/s1. The molecule has 1 aliphatic rings. The third-order valence-corrected chi connectivity index (χ3v) is 5.40. The minimum atomic E-state index is -0.364. The van der Waals surface area contributed by atoms with Gasteiger partial charge in [0, 0.05) is 19.1 Å². The van der Waals surface area contributed by atoms with Crippen molar-refractivity contribution >= 4 is 5.82 Å². The van der Waals surface area contributed by atoms with Gasteiger partial charge in [0.05, 0.1) is 12.2 Å². The van der Waals surface area contributed by atoms with Crippen molar-refractivity contribution in [1.29, 1.82) is 0 Å². The molecule has 0 fully saturated rings. The van der Waals surface area contributed by atoms with E-state index in [-0.39, 0.29) is 17.3 Å². The number of H-pyrrole nitrogens is 1. The second kappa shape index (κ2) is 7.86. The van der Waals surface area contributed by atoms with Gasteiger partial charge in [0.15, 0.2) is 0 Å². The van der Waals surface area contributed by atoms with Crippen molar-refractivity contribution in [3.8, 4) is 0 Å². The number of fused-ring (bicyclic) bond motifs is 1. The van der Waals surface area contributed by atoms with E-state index in [9.17, 15) is 9.59 Å². The van der Waals surface area contributed by atoms with Crippen molar-refractivity contribution < 1.29 is 0 Å². The molecule has 2 aromatic carbocycles. The van der Waals surface area contributed by atoms with Crippen LogP contribution in [0.4, 0.5) is 5.82 Å². The van der Waals surface area contributed by atoms with Crippen LogP contribution in [0.25, 0.3) is 0 Å². The van der Waals surface area contributed by atoms with E-state index in [1.165, 1.54) is 5.56 Å². The predicted octanol–water partition coefficient (Wildman–Crippen LogP) is 2.73. The Labute approximate surface area is 163 Å². The van der Waals surface area contributed by atoms with Gasteiger partial charge >= 0.3 is 5.69 Å². The summed E-state index contributed by atoms with van der Waals surface area (Å²) in [7, 11) is 0. The van der Waals surface area contributed by atoms with Crippen molar-refractivity contribution in [3.63, 3.8) is 0 Å². The van der Waals surface area contributed by atoms with Gasteiger partial charge in [-0.3, -0.25) is 19.2 Å². The van der Waals surface area contributed by atoms with Gasteiger partial charge in [-0.1, -0.05) is 60.7 Å². The van der Waals surface area contributed by atoms with Gasteiger partial charge in [0.25, 0.3) is 5.56 Å². The SMILES string of the molecule is C[C@H](c1ccccc1)N1CNc2c(c(=O)[nH]c(=O)n2CCc2ccccc2)C1. The number of aromatic amines is 1. The van der Waals surface area contributed by atoms with Crippen molar-refractivity contribution in [2.75, 3.05) is 12.0 Å². The molecule has 1 aromatic heterocycles. The monoisotopic (exact) mass is 376 g/mol. The summed E-state index contributed by atoms with van der Waals surface area (Å²) < 4.78 is 1.65. The molecule has 1 atom stereocenters. The molecule has 0 radical (unpaired) electrons. The van der Waals surface area contributed by atoms with Crippen LogP contribution in [0.5, 0.6) is 0 Å². The van der Waals surface area contributed by atoms with E-state index in [2.05, 4.69) is 34.3 Å². The molecule has 144 valence electrons. The summed E-state index contributed by atoms with van der Waals surface area (Å²) in [6.07, 6.45) is 0.727. The van der Waals surface area contributed by atoms with E-state index in [0.29, 0.717) is 31.1 Å². The molecule has 6 heteroatoms. The predicted molar refractivity (Wildman–Crippen MR) is 110 cm³/mol. The number of aromatic nitrogens is 2. The molecule has 0 saturated heterocycles. The minimum absolute atomic E-state index is 0.158. The van der Waals surface area contributed by atoms with Crippen LogP contribution >= 0.6 is 0 Å². The number of nitrogens with one attached hydrogen (secondary N) is 2. The van der Waals surface area contributed by atoms with Crippen LogP contribution in [-0.4, -0.2) is 21.1 Å². The third kappa shape index (κ3) is 3.64. The molecule has 3 aromatic rings. The molecule has 6 nitrogen and oxygen atoms in total. The first-order valence-electron chi connectivity index (χ1n) is 9.56. The molecular formula is C22H24N4O2. The van der Waals surface area contributed by atoms with Crippen molar-refractivity contribution in [2.45, 2.75) is 32.5 Å². The van der Waals surface area contributed by atoms with Crippen molar-refractivity contribution in [3.05, 3.63) is 98.2 Å². The molecule has 0 bridgehead atoms. The molecule has 0 saturated carbocycles. The van der Waals surface area contributed by atoms with Crippen LogP contribution < -0.4 is 16.6 Å². The molecule has 4 rings (SSSR count). The minimum Gasteiger partial charge on any atom is -0.358 e. The normalized spacial score (nSPS) is 14.9. The fraction of sp³-hybridized carbons (Fsp3) is 0.273. The Hall–Kier alpha value is -3.12. The molecule has 1 aliphatic heterocycles. The van der Waals surface area contributed by atoms with Crippen molar-refractivity contribution in [1.82, 2.24) is 14.5 Å². The van der Waals surface area contributed by atoms with Crippen LogP contribution in [0.3, 0.4) is 0 Å². The molecule has 0 aliphatic carbocycles. The highest BCUT2D eigenvalue weighted by Gasteiger charge is 2.26. The third-order valence-electron chi connectivity index (χ3n) is 5.40. The van der Waals surface area contributed by atoms with Gasteiger partial charge in [0.1, 0.15) is 5.82 Å². The average molecular weight is 376 g/mol. The Balaban J connectivity index is 1.60. The topological polar surface area (TPSA) is 70.1 Å². The van der Waals surface area contributed by atoms with Crippen LogP contribution in [0.1, 0.15) is 29.7 Å². The summed E-state index contributed by atoms with van der Waals surface area (Å²) in [5.74, 6) is 0.640. The summed E-state index contributed by atoms with van der Waals surface area (Å²) in [4.78, 5) is 29.6. The highest BCUT2D eigenvalue weighted by Crippen LogP contribution is 2.26. The molecule has 0 unspecified atom stereocenters. The van der Waals surface area contributed by atoms with Crippen LogP contribution in [0.2, 0.25) is 0 Å². The zero-order chi connectivity index (χ0) is 19.5. The molecule has 2 heterocycles. The highest BCUT2D eigenvalue weighted by atomic mass is 16.2. The zero-order valence-corrected chi connectivity index (χ0v) is 15.9. The van der Waals surface area contributed by atoms with Gasteiger partial charge in [-0.2, -0.15) is 0 Å². The van der Waals surface area contributed by atoms with Crippen molar-refractivity contribution in [2.24, 2.45) is 0 Å². The van der Waals surface area contributed by atoms with Crippen LogP contribution in [0.15, 0.2) is 70.3 Å². The molecule has 0 amide bonds. The zero-order valence-electron chi connectivity index (χ0n) is 15.9. The number of nitrogens with zero attached hydrogens (tertiary/aromatic N) is 2. The summed E-state index contributed by atoms with van der Waals surface area (Å²) in [6.45, 7) is 3.72.